The molecule has 0 amide bonds. The molecule has 0 atom stereocenters. The Hall–Kier alpha value is -1.18. The van der Waals surface area contributed by atoms with Gasteiger partial charge in [-0.05, 0) is 23.8 Å². The van der Waals surface area contributed by atoms with Crippen LogP contribution in [-0.2, 0) is 6.54 Å². The average molecular weight is 269 g/mol. The molecule has 0 aliphatic heterocycles. The zero-order chi connectivity index (χ0) is 11.3. The maximum Gasteiger partial charge on any atom is 0.124 e. The van der Waals surface area contributed by atoms with Crippen molar-refractivity contribution in [1.82, 2.24) is 5.32 Å². The first-order valence-corrected chi connectivity index (χ1v) is 5.14. The quantitative estimate of drug-likeness (QED) is 0.912. The summed E-state index contributed by atoms with van der Waals surface area (Å²) in [6.45, 7) is 4.79. The SMILES string of the molecule is C=C(Br)CNCc1cc(F)cc(C#N)c1. The van der Waals surface area contributed by atoms with Crippen LogP contribution in [0.2, 0.25) is 0 Å². The molecule has 0 aliphatic carbocycles. The molecule has 1 rings (SSSR count). The van der Waals surface area contributed by atoms with Gasteiger partial charge < -0.3 is 5.32 Å². The van der Waals surface area contributed by atoms with Crippen LogP contribution < -0.4 is 5.32 Å². The van der Waals surface area contributed by atoms with Crippen molar-refractivity contribution < 1.29 is 4.39 Å². The van der Waals surface area contributed by atoms with E-state index in [1.807, 2.05) is 6.07 Å². The fourth-order valence-corrected chi connectivity index (χ4v) is 1.36. The summed E-state index contributed by atoms with van der Waals surface area (Å²) in [6, 6.07) is 6.20. The van der Waals surface area contributed by atoms with Crippen molar-refractivity contribution in [2.75, 3.05) is 6.54 Å². The van der Waals surface area contributed by atoms with Crippen molar-refractivity contribution in [3.8, 4) is 6.07 Å². The minimum atomic E-state index is -0.386. The van der Waals surface area contributed by atoms with Crippen LogP contribution >= 0.6 is 15.9 Å². The van der Waals surface area contributed by atoms with Crippen molar-refractivity contribution in [2.24, 2.45) is 0 Å². The van der Waals surface area contributed by atoms with Gasteiger partial charge >= 0.3 is 0 Å². The predicted octanol–water partition coefficient (Wildman–Crippen LogP) is 2.70. The summed E-state index contributed by atoms with van der Waals surface area (Å²) < 4.78 is 13.8. The molecule has 4 heteroatoms. The van der Waals surface area contributed by atoms with Crippen LogP contribution in [0.4, 0.5) is 4.39 Å². The summed E-state index contributed by atoms with van der Waals surface area (Å²) in [5.41, 5.74) is 1.09. The van der Waals surface area contributed by atoms with Crippen LogP contribution in [0.1, 0.15) is 11.1 Å². The Balaban J connectivity index is 2.65. The highest BCUT2D eigenvalue weighted by Gasteiger charge is 2.00. The highest BCUT2D eigenvalue weighted by atomic mass is 79.9. The minimum Gasteiger partial charge on any atom is -0.308 e. The second-order valence-electron chi connectivity index (χ2n) is 3.08. The predicted molar refractivity (Wildman–Crippen MR) is 60.9 cm³/mol. The summed E-state index contributed by atoms with van der Waals surface area (Å²) in [7, 11) is 0. The first-order chi connectivity index (χ1) is 7.11. The van der Waals surface area contributed by atoms with Crippen molar-refractivity contribution in [1.29, 1.82) is 5.26 Å². The van der Waals surface area contributed by atoms with E-state index in [0.717, 1.165) is 10.0 Å². The van der Waals surface area contributed by atoms with E-state index in [9.17, 15) is 4.39 Å². The van der Waals surface area contributed by atoms with Gasteiger partial charge in [-0.3, -0.25) is 0 Å². The third kappa shape index (κ3) is 4.24. The zero-order valence-electron chi connectivity index (χ0n) is 8.06. The first kappa shape index (κ1) is 11.9. The molecule has 1 aromatic carbocycles. The summed E-state index contributed by atoms with van der Waals surface area (Å²) in [5.74, 6) is -0.386. The van der Waals surface area contributed by atoms with Crippen LogP contribution in [0.3, 0.4) is 0 Å². The Bertz CT molecular complexity index is 410. The smallest absolute Gasteiger partial charge is 0.124 e. The third-order valence-electron chi connectivity index (χ3n) is 1.73. The van der Waals surface area contributed by atoms with Gasteiger partial charge in [-0.15, -0.1) is 0 Å². The van der Waals surface area contributed by atoms with E-state index in [2.05, 4.69) is 27.8 Å². The Morgan fingerprint density at radius 1 is 1.53 bits per heavy atom. The van der Waals surface area contributed by atoms with Gasteiger partial charge in [0.1, 0.15) is 5.82 Å². The molecule has 0 aromatic heterocycles. The van der Waals surface area contributed by atoms with Crippen LogP contribution in [0, 0.1) is 17.1 Å². The Labute approximate surface area is 96.5 Å². The topological polar surface area (TPSA) is 35.8 Å². The van der Waals surface area contributed by atoms with Crippen molar-refractivity contribution in [2.45, 2.75) is 6.54 Å². The number of halogens is 2. The standard InChI is InChI=1S/C11H10BrFN2/c1-8(12)6-15-7-10-2-9(5-14)3-11(13)4-10/h2-4,15H,1,6-7H2. The van der Waals surface area contributed by atoms with Crippen LogP contribution in [0.25, 0.3) is 0 Å². The van der Waals surface area contributed by atoms with Crippen molar-refractivity contribution in [3.05, 3.63) is 46.2 Å². The molecule has 1 aromatic rings. The lowest BCUT2D eigenvalue weighted by Gasteiger charge is -2.04. The highest BCUT2D eigenvalue weighted by Crippen LogP contribution is 2.08. The van der Waals surface area contributed by atoms with E-state index in [-0.39, 0.29) is 5.82 Å². The van der Waals surface area contributed by atoms with Gasteiger partial charge in [-0.1, -0.05) is 22.5 Å². The van der Waals surface area contributed by atoms with E-state index in [4.69, 9.17) is 5.26 Å². The second kappa shape index (κ2) is 5.64. The number of rotatable bonds is 4. The van der Waals surface area contributed by atoms with E-state index >= 15 is 0 Å². The number of hydrogen-bond acceptors (Lipinski definition) is 2. The maximum absolute atomic E-state index is 13.0. The normalized spacial score (nSPS) is 9.67. The van der Waals surface area contributed by atoms with Crippen LogP contribution in [-0.4, -0.2) is 6.54 Å². The number of benzene rings is 1. The first-order valence-electron chi connectivity index (χ1n) is 4.35. The molecule has 0 fully saturated rings. The molecule has 15 heavy (non-hydrogen) atoms. The van der Waals surface area contributed by atoms with Crippen molar-refractivity contribution in [3.63, 3.8) is 0 Å². The largest absolute Gasteiger partial charge is 0.308 e. The summed E-state index contributed by atoms with van der Waals surface area (Å²) in [4.78, 5) is 0. The van der Waals surface area contributed by atoms with E-state index < -0.39 is 0 Å². The molecule has 0 bridgehead atoms. The lowest BCUT2D eigenvalue weighted by molar-refractivity contribution is 0.622. The highest BCUT2D eigenvalue weighted by molar-refractivity contribution is 9.11. The lowest BCUT2D eigenvalue weighted by Crippen LogP contribution is -2.14. The van der Waals surface area contributed by atoms with E-state index in [1.54, 1.807) is 6.07 Å². The van der Waals surface area contributed by atoms with Gasteiger partial charge in [0, 0.05) is 17.6 Å². The third-order valence-corrected chi connectivity index (χ3v) is 2.01. The summed E-state index contributed by atoms with van der Waals surface area (Å²) in [6.07, 6.45) is 0. The molecule has 0 radical (unpaired) electrons. The number of nitrogens with zero attached hydrogens (tertiary/aromatic N) is 1. The lowest BCUT2D eigenvalue weighted by atomic mass is 10.1. The number of nitrogens with one attached hydrogen (secondary N) is 1. The zero-order valence-corrected chi connectivity index (χ0v) is 9.64. The molecule has 2 nitrogen and oxygen atoms in total. The van der Waals surface area contributed by atoms with Crippen LogP contribution in [0.15, 0.2) is 29.3 Å². The molecule has 78 valence electrons. The molecule has 0 spiro atoms. The van der Waals surface area contributed by atoms with Gasteiger partial charge in [0.25, 0.3) is 0 Å². The number of hydrogen-bond donors (Lipinski definition) is 1. The average Bonchev–Trinajstić information content (AvgIpc) is 2.16. The van der Waals surface area contributed by atoms with Crippen molar-refractivity contribution >= 4 is 15.9 Å². The van der Waals surface area contributed by atoms with Gasteiger partial charge in [-0.2, -0.15) is 5.26 Å². The fraction of sp³-hybridized carbons (Fsp3) is 0.182. The molecule has 0 heterocycles. The summed E-state index contributed by atoms with van der Waals surface area (Å²) >= 11 is 3.21. The molecular formula is C11H10BrFN2. The Morgan fingerprint density at radius 2 is 2.27 bits per heavy atom. The number of nitriles is 1. The van der Waals surface area contributed by atoms with Gasteiger partial charge in [-0.25, -0.2) is 4.39 Å². The van der Waals surface area contributed by atoms with E-state index in [0.29, 0.717) is 18.7 Å². The molecule has 0 saturated carbocycles. The van der Waals surface area contributed by atoms with Gasteiger partial charge in [0.2, 0.25) is 0 Å². The molecule has 0 aliphatic rings. The maximum atomic E-state index is 13.0. The van der Waals surface area contributed by atoms with Crippen LogP contribution in [0.5, 0.6) is 0 Å². The molecule has 0 unspecified atom stereocenters. The second-order valence-corrected chi connectivity index (χ2v) is 4.20. The fourth-order valence-electron chi connectivity index (χ4n) is 1.16. The minimum absolute atomic E-state index is 0.337. The summed E-state index contributed by atoms with van der Waals surface area (Å²) in [5, 5.41) is 11.7. The molecular weight excluding hydrogens is 259 g/mol. The van der Waals surface area contributed by atoms with Gasteiger partial charge in [0.05, 0.1) is 11.6 Å². The Morgan fingerprint density at radius 3 is 2.87 bits per heavy atom. The Kier molecular flexibility index (Phi) is 4.47. The molecule has 1 N–H and O–H groups in total. The van der Waals surface area contributed by atoms with Gasteiger partial charge in [0.15, 0.2) is 0 Å². The van der Waals surface area contributed by atoms with E-state index in [1.165, 1.54) is 12.1 Å². The molecule has 0 saturated heterocycles. The monoisotopic (exact) mass is 268 g/mol.